The van der Waals surface area contributed by atoms with Crippen LogP contribution in [0, 0.1) is 0 Å². The summed E-state index contributed by atoms with van der Waals surface area (Å²) >= 11 is 12.4. The fourth-order valence-corrected chi connectivity index (χ4v) is 3.85. The van der Waals surface area contributed by atoms with Gasteiger partial charge in [-0.05, 0) is 34.7 Å². The van der Waals surface area contributed by atoms with Gasteiger partial charge >= 0.3 is 0 Å². The summed E-state index contributed by atoms with van der Waals surface area (Å²) in [4.78, 5) is 29.2. The molecular formula is C20H18Cl2N6O3. The van der Waals surface area contributed by atoms with E-state index < -0.39 is 0 Å². The molecule has 0 saturated carbocycles. The predicted octanol–water partition coefficient (Wildman–Crippen LogP) is 2.58. The number of nitrogens with zero attached hydrogens (tertiary/aromatic N) is 6. The van der Waals surface area contributed by atoms with Gasteiger partial charge in [0.05, 0.1) is 23.4 Å². The number of carbonyl (C=O) groups is 2. The monoisotopic (exact) mass is 460 g/mol. The third-order valence-corrected chi connectivity index (χ3v) is 5.56. The van der Waals surface area contributed by atoms with Crippen LogP contribution < -0.4 is 4.74 Å². The highest BCUT2D eigenvalue weighted by Crippen LogP contribution is 2.30. The molecule has 2 amide bonds. The maximum absolute atomic E-state index is 13.1. The molecule has 1 aliphatic heterocycles. The number of rotatable bonds is 4. The fraction of sp³-hybridized carbons (Fsp3) is 0.250. The zero-order valence-electron chi connectivity index (χ0n) is 16.5. The minimum absolute atomic E-state index is 0.110. The van der Waals surface area contributed by atoms with Crippen molar-refractivity contribution < 1.29 is 14.3 Å². The molecule has 0 bridgehead atoms. The number of piperazine rings is 1. The molecule has 3 aromatic rings. The lowest BCUT2D eigenvalue weighted by Gasteiger charge is -2.35. The summed E-state index contributed by atoms with van der Waals surface area (Å²) in [5.41, 5.74) is 1.36. The van der Waals surface area contributed by atoms with Crippen LogP contribution in [0.25, 0.3) is 5.69 Å². The number of ether oxygens (including phenoxy) is 1. The zero-order chi connectivity index (χ0) is 22.0. The first-order chi connectivity index (χ1) is 15.0. The van der Waals surface area contributed by atoms with E-state index in [1.165, 1.54) is 18.1 Å². The summed E-state index contributed by atoms with van der Waals surface area (Å²) in [5, 5.41) is 11.8. The SMILES string of the molecule is COc1cc(-n2cnnn2)c(Cl)cc1C(=O)N1CCN(C(=O)c2cccc(Cl)c2)CC1. The first kappa shape index (κ1) is 21.1. The summed E-state index contributed by atoms with van der Waals surface area (Å²) in [6, 6.07) is 9.99. The second-order valence-electron chi connectivity index (χ2n) is 6.85. The molecule has 11 heteroatoms. The standard InChI is InChI=1S/C20H18Cl2N6O3/c1-31-18-11-17(28-12-23-24-25-28)16(22)10-15(18)20(30)27-7-5-26(6-8-27)19(29)13-3-2-4-14(21)9-13/h2-4,9-12H,5-8H2,1H3. The number of amides is 2. The van der Waals surface area contributed by atoms with Crippen molar-refractivity contribution in [1.29, 1.82) is 0 Å². The van der Waals surface area contributed by atoms with Gasteiger partial charge in [-0.15, -0.1) is 5.10 Å². The van der Waals surface area contributed by atoms with Gasteiger partial charge in [0.25, 0.3) is 11.8 Å². The fourth-order valence-electron chi connectivity index (χ4n) is 3.41. The van der Waals surface area contributed by atoms with Gasteiger partial charge in [-0.1, -0.05) is 29.3 Å². The Balaban J connectivity index is 1.48. The molecule has 2 heterocycles. The van der Waals surface area contributed by atoms with Gasteiger partial charge in [-0.2, -0.15) is 4.68 Å². The Kier molecular flexibility index (Phi) is 6.06. The Hall–Kier alpha value is -3.17. The molecule has 0 atom stereocenters. The molecule has 0 spiro atoms. The van der Waals surface area contributed by atoms with E-state index in [-0.39, 0.29) is 11.8 Å². The Morgan fingerprint density at radius 2 is 1.71 bits per heavy atom. The van der Waals surface area contributed by atoms with Gasteiger partial charge in [0.1, 0.15) is 12.1 Å². The highest BCUT2D eigenvalue weighted by atomic mass is 35.5. The second kappa shape index (κ2) is 8.91. The van der Waals surface area contributed by atoms with Crippen molar-refractivity contribution in [1.82, 2.24) is 30.0 Å². The lowest BCUT2D eigenvalue weighted by Crippen LogP contribution is -2.50. The quantitative estimate of drug-likeness (QED) is 0.593. The Labute approximate surface area is 188 Å². The Bertz CT molecular complexity index is 1110. The number of benzene rings is 2. The van der Waals surface area contributed by atoms with Gasteiger partial charge in [0.2, 0.25) is 0 Å². The van der Waals surface area contributed by atoms with Crippen molar-refractivity contribution in [3.8, 4) is 11.4 Å². The molecule has 160 valence electrons. The van der Waals surface area contributed by atoms with Crippen LogP contribution in [-0.4, -0.2) is 75.1 Å². The van der Waals surface area contributed by atoms with E-state index >= 15 is 0 Å². The van der Waals surface area contributed by atoms with Gasteiger partial charge in [-0.3, -0.25) is 9.59 Å². The number of tetrazole rings is 1. The number of hydrogen-bond donors (Lipinski definition) is 0. The van der Waals surface area contributed by atoms with Crippen molar-refractivity contribution in [3.05, 3.63) is 63.9 Å². The average molecular weight is 461 g/mol. The van der Waals surface area contributed by atoms with E-state index in [0.29, 0.717) is 58.8 Å². The van der Waals surface area contributed by atoms with E-state index in [9.17, 15) is 9.59 Å². The number of halogens is 2. The van der Waals surface area contributed by atoms with E-state index in [1.807, 2.05) is 0 Å². The molecule has 0 aliphatic carbocycles. The van der Waals surface area contributed by atoms with E-state index in [1.54, 1.807) is 46.2 Å². The van der Waals surface area contributed by atoms with Crippen LogP contribution in [0.15, 0.2) is 42.7 Å². The number of methoxy groups -OCH3 is 1. The molecule has 9 nitrogen and oxygen atoms in total. The normalized spacial score (nSPS) is 13.9. The van der Waals surface area contributed by atoms with Crippen LogP contribution in [0.1, 0.15) is 20.7 Å². The second-order valence-corrected chi connectivity index (χ2v) is 7.70. The molecule has 1 aliphatic rings. The molecule has 2 aromatic carbocycles. The first-order valence-corrected chi connectivity index (χ1v) is 10.2. The minimum atomic E-state index is -0.225. The van der Waals surface area contributed by atoms with Crippen LogP contribution in [0.2, 0.25) is 10.0 Å². The summed E-state index contributed by atoms with van der Waals surface area (Å²) in [6.45, 7) is 1.60. The van der Waals surface area contributed by atoms with Crippen LogP contribution in [0.4, 0.5) is 0 Å². The topological polar surface area (TPSA) is 93.4 Å². The molecule has 31 heavy (non-hydrogen) atoms. The van der Waals surface area contributed by atoms with E-state index in [4.69, 9.17) is 27.9 Å². The number of carbonyl (C=O) groups excluding carboxylic acids is 2. The summed E-state index contributed by atoms with van der Waals surface area (Å²) in [7, 11) is 1.48. The lowest BCUT2D eigenvalue weighted by atomic mass is 10.1. The summed E-state index contributed by atoms with van der Waals surface area (Å²) < 4.78 is 6.80. The van der Waals surface area contributed by atoms with Crippen LogP contribution in [-0.2, 0) is 0 Å². The van der Waals surface area contributed by atoms with Crippen LogP contribution >= 0.6 is 23.2 Å². The Morgan fingerprint density at radius 1 is 1.00 bits per heavy atom. The van der Waals surface area contributed by atoms with Crippen LogP contribution in [0.5, 0.6) is 5.75 Å². The average Bonchev–Trinajstić information content (AvgIpc) is 3.32. The number of aromatic nitrogens is 4. The summed E-state index contributed by atoms with van der Waals surface area (Å²) in [5.74, 6) is 0.0234. The maximum atomic E-state index is 13.1. The largest absolute Gasteiger partial charge is 0.496 e. The van der Waals surface area contributed by atoms with Gasteiger partial charge < -0.3 is 14.5 Å². The Morgan fingerprint density at radius 3 is 2.32 bits per heavy atom. The molecule has 1 saturated heterocycles. The van der Waals surface area contributed by atoms with Gasteiger partial charge in [-0.25, -0.2) is 0 Å². The lowest BCUT2D eigenvalue weighted by molar-refractivity contribution is 0.0533. The maximum Gasteiger partial charge on any atom is 0.257 e. The highest BCUT2D eigenvalue weighted by molar-refractivity contribution is 6.33. The first-order valence-electron chi connectivity index (χ1n) is 9.43. The summed E-state index contributed by atoms with van der Waals surface area (Å²) in [6.07, 6.45) is 1.40. The number of hydrogen-bond acceptors (Lipinski definition) is 6. The van der Waals surface area contributed by atoms with Crippen LogP contribution in [0.3, 0.4) is 0 Å². The van der Waals surface area contributed by atoms with E-state index in [0.717, 1.165) is 0 Å². The molecule has 0 N–H and O–H groups in total. The van der Waals surface area contributed by atoms with Crippen molar-refractivity contribution in [2.24, 2.45) is 0 Å². The van der Waals surface area contributed by atoms with Crippen molar-refractivity contribution >= 4 is 35.0 Å². The van der Waals surface area contributed by atoms with Gasteiger partial charge in [0, 0.05) is 42.8 Å². The highest BCUT2D eigenvalue weighted by Gasteiger charge is 2.28. The van der Waals surface area contributed by atoms with Crippen molar-refractivity contribution in [2.45, 2.75) is 0 Å². The smallest absolute Gasteiger partial charge is 0.257 e. The van der Waals surface area contributed by atoms with Crippen molar-refractivity contribution in [2.75, 3.05) is 33.3 Å². The third kappa shape index (κ3) is 4.33. The minimum Gasteiger partial charge on any atom is -0.496 e. The van der Waals surface area contributed by atoms with E-state index in [2.05, 4.69) is 15.5 Å². The molecule has 1 aromatic heterocycles. The molecule has 1 fully saturated rings. The molecule has 4 rings (SSSR count). The zero-order valence-corrected chi connectivity index (χ0v) is 18.0. The molecule has 0 unspecified atom stereocenters. The predicted molar refractivity (Wildman–Crippen MR) is 114 cm³/mol. The molecular weight excluding hydrogens is 443 g/mol. The van der Waals surface area contributed by atoms with Gasteiger partial charge in [0.15, 0.2) is 0 Å². The molecule has 0 radical (unpaired) electrons. The van der Waals surface area contributed by atoms with Crippen molar-refractivity contribution in [3.63, 3.8) is 0 Å². The third-order valence-electron chi connectivity index (χ3n) is 5.02.